The molecule has 0 aromatic heterocycles. The lowest BCUT2D eigenvalue weighted by Crippen LogP contribution is -2.46. The van der Waals surface area contributed by atoms with E-state index < -0.39 is 0 Å². The maximum atomic E-state index is 9.23. The maximum absolute atomic E-state index is 9.23. The summed E-state index contributed by atoms with van der Waals surface area (Å²) in [5.41, 5.74) is 1.62. The van der Waals surface area contributed by atoms with Gasteiger partial charge in [0.25, 0.3) is 0 Å². The summed E-state index contributed by atoms with van der Waals surface area (Å²) in [6, 6.07) is 8.03. The topological polar surface area (TPSA) is 32.3 Å². The Morgan fingerprint density at radius 1 is 1.35 bits per heavy atom. The lowest BCUT2D eigenvalue weighted by atomic mass is 9.82. The van der Waals surface area contributed by atoms with E-state index in [0.29, 0.717) is 17.2 Å². The average Bonchev–Trinajstić information content (AvgIpc) is 2.29. The van der Waals surface area contributed by atoms with E-state index in [1.165, 1.54) is 23.5 Å². The van der Waals surface area contributed by atoms with Gasteiger partial charge in [-0.2, -0.15) is 11.8 Å². The van der Waals surface area contributed by atoms with Gasteiger partial charge in [-0.15, -0.1) is 0 Å². The second-order valence-electron chi connectivity index (χ2n) is 5.41. The molecule has 0 saturated carbocycles. The first-order chi connectivity index (χ1) is 8.08. The van der Waals surface area contributed by atoms with Crippen LogP contribution in [0.4, 0.5) is 0 Å². The number of aromatic hydroxyl groups is 1. The lowest BCUT2D eigenvalue weighted by Gasteiger charge is -2.39. The van der Waals surface area contributed by atoms with Crippen LogP contribution in [0.25, 0.3) is 0 Å². The molecule has 0 radical (unpaired) electrons. The molecule has 1 saturated heterocycles. The number of nitrogens with one attached hydrogen (secondary N) is 1. The van der Waals surface area contributed by atoms with E-state index in [0.717, 1.165) is 6.54 Å². The molecule has 94 valence electrons. The zero-order chi connectivity index (χ0) is 12.3. The maximum Gasteiger partial charge on any atom is 0.115 e. The Labute approximate surface area is 108 Å². The Morgan fingerprint density at radius 3 is 2.71 bits per heavy atom. The van der Waals surface area contributed by atoms with Gasteiger partial charge in [0.05, 0.1) is 0 Å². The van der Waals surface area contributed by atoms with Crippen molar-refractivity contribution >= 4 is 11.8 Å². The SMILES string of the molecule is CC1(C)CCSCC1NCc1ccc(O)cc1. The minimum atomic E-state index is 0.335. The van der Waals surface area contributed by atoms with Crippen LogP contribution in [0.15, 0.2) is 24.3 Å². The zero-order valence-corrected chi connectivity index (χ0v) is 11.4. The molecule has 17 heavy (non-hydrogen) atoms. The highest BCUT2D eigenvalue weighted by Gasteiger charge is 2.31. The van der Waals surface area contributed by atoms with Crippen LogP contribution in [0.5, 0.6) is 5.75 Å². The van der Waals surface area contributed by atoms with Gasteiger partial charge >= 0.3 is 0 Å². The van der Waals surface area contributed by atoms with Crippen molar-refractivity contribution in [2.45, 2.75) is 32.9 Å². The van der Waals surface area contributed by atoms with Gasteiger partial charge in [0.1, 0.15) is 5.75 Å². The van der Waals surface area contributed by atoms with E-state index in [-0.39, 0.29) is 0 Å². The van der Waals surface area contributed by atoms with Crippen molar-refractivity contribution in [3.8, 4) is 5.75 Å². The Morgan fingerprint density at radius 2 is 2.06 bits per heavy atom. The van der Waals surface area contributed by atoms with Crippen molar-refractivity contribution < 1.29 is 5.11 Å². The Bertz CT molecular complexity index is 361. The molecule has 2 N–H and O–H groups in total. The minimum Gasteiger partial charge on any atom is -0.508 e. The molecule has 1 aliphatic heterocycles. The summed E-state index contributed by atoms with van der Waals surface area (Å²) in [5.74, 6) is 2.82. The average molecular weight is 251 g/mol. The number of phenolic OH excluding ortho intramolecular Hbond substituents is 1. The van der Waals surface area contributed by atoms with Gasteiger partial charge in [0.15, 0.2) is 0 Å². The highest BCUT2D eigenvalue weighted by molar-refractivity contribution is 7.99. The standard InChI is InChI=1S/C14H21NOS/c1-14(2)7-8-17-10-13(14)15-9-11-3-5-12(16)6-4-11/h3-6,13,15-16H,7-10H2,1-2H3. The van der Waals surface area contributed by atoms with Crippen molar-refractivity contribution in [1.82, 2.24) is 5.32 Å². The third-order valence-electron chi connectivity index (χ3n) is 3.61. The molecule has 0 bridgehead atoms. The summed E-state index contributed by atoms with van der Waals surface area (Å²) in [5, 5.41) is 12.9. The minimum absolute atomic E-state index is 0.335. The second kappa shape index (κ2) is 5.32. The summed E-state index contributed by atoms with van der Waals surface area (Å²) in [7, 11) is 0. The highest BCUT2D eigenvalue weighted by Crippen LogP contribution is 2.34. The summed E-state index contributed by atoms with van der Waals surface area (Å²) in [6.45, 7) is 5.58. The van der Waals surface area contributed by atoms with Crippen LogP contribution < -0.4 is 5.32 Å². The van der Waals surface area contributed by atoms with Crippen LogP contribution in [0.2, 0.25) is 0 Å². The van der Waals surface area contributed by atoms with E-state index in [1.807, 2.05) is 23.9 Å². The van der Waals surface area contributed by atoms with Crippen LogP contribution in [-0.2, 0) is 6.54 Å². The molecule has 1 fully saturated rings. The number of rotatable bonds is 3. The number of thioether (sulfide) groups is 1. The van der Waals surface area contributed by atoms with Crippen molar-refractivity contribution in [1.29, 1.82) is 0 Å². The number of hydrogen-bond donors (Lipinski definition) is 2. The highest BCUT2D eigenvalue weighted by atomic mass is 32.2. The molecule has 2 nitrogen and oxygen atoms in total. The van der Waals surface area contributed by atoms with Crippen LogP contribution in [0.3, 0.4) is 0 Å². The molecule has 1 atom stereocenters. The fourth-order valence-electron chi connectivity index (χ4n) is 2.13. The summed E-state index contributed by atoms with van der Waals surface area (Å²) in [4.78, 5) is 0. The molecular weight excluding hydrogens is 230 g/mol. The summed E-state index contributed by atoms with van der Waals surface area (Å²) < 4.78 is 0. The van der Waals surface area contributed by atoms with Crippen LogP contribution >= 0.6 is 11.8 Å². The lowest BCUT2D eigenvalue weighted by molar-refractivity contribution is 0.245. The predicted octanol–water partition coefficient (Wildman–Crippen LogP) is 3.01. The zero-order valence-electron chi connectivity index (χ0n) is 10.6. The van der Waals surface area contributed by atoms with Crippen LogP contribution in [-0.4, -0.2) is 22.7 Å². The van der Waals surface area contributed by atoms with Crippen LogP contribution in [0.1, 0.15) is 25.8 Å². The molecule has 1 aliphatic rings. The first-order valence-electron chi connectivity index (χ1n) is 6.17. The predicted molar refractivity (Wildman–Crippen MR) is 74.5 cm³/mol. The van der Waals surface area contributed by atoms with Crippen molar-refractivity contribution in [2.24, 2.45) is 5.41 Å². The molecule has 1 heterocycles. The van der Waals surface area contributed by atoms with Gasteiger partial charge in [-0.25, -0.2) is 0 Å². The molecule has 0 amide bonds. The van der Waals surface area contributed by atoms with E-state index >= 15 is 0 Å². The summed E-state index contributed by atoms with van der Waals surface area (Å²) in [6.07, 6.45) is 1.28. The van der Waals surface area contributed by atoms with Crippen molar-refractivity contribution in [3.63, 3.8) is 0 Å². The Kier molecular flexibility index (Phi) is 4.00. The number of phenols is 1. The largest absolute Gasteiger partial charge is 0.508 e. The van der Waals surface area contributed by atoms with E-state index in [1.54, 1.807) is 12.1 Å². The van der Waals surface area contributed by atoms with E-state index in [4.69, 9.17) is 0 Å². The fraction of sp³-hybridized carbons (Fsp3) is 0.571. The van der Waals surface area contributed by atoms with Gasteiger partial charge in [-0.3, -0.25) is 0 Å². The van der Waals surface area contributed by atoms with Crippen LogP contribution in [0, 0.1) is 5.41 Å². The fourth-order valence-corrected chi connectivity index (χ4v) is 3.77. The van der Waals surface area contributed by atoms with Crippen molar-refractivity contribution in [2.75, 3.05) is 11.5 Å². The van der Waals surface area contributed by atoms with Gasteiger partial charge in [0, 0.05) is 18.3 Å². The molecular formula is C14H21NOS. The first-order valence-corrected chi connectivity index (χ1v) is 7.32. The number of hydrogen-bond acceptors (Lipinski definition) is 3. The second-order valence-corrected chi connectivity index (χ2v) is 6.56. The summed E-state index contributed by atoms with van der Waals surface area (Å²) >= 11 is 2.04. The third kappa shape index (κ3) is 3.39. The van der Waals surface area contributed by atoms with E-state index in [2.05, 4.69) is 19.2 Å². The third-order valence-corrected chi connectivity index (χ3v) is 4.67. The Balaban J connectivity index is 1.91. The van der Waals surface area contributed by atoms with E-state index in [9.17, 15) is 5.11 Å². The van der Waals surface area contributed by atoms with Gasteiger partial charge < -0.3 is 10.4 Å². The number of benzene rings is 1. The first kappa shape index (κ1) is 12.8. The Hall–Kier alpha value is -0.670. The van der Waals surface area contributed by atoms with Crippen molar-refractivity contribution in [3.05, 3.63) is 29.8 Å². The van der Waals surface area contributed by atoms with Gasteiger partial charge in [0.2, 0.25) is 0 Å². The van der Waals surface area contributed by atoms with Gasteiger partial charge in [-0.05, 0) is 35.3 Å². The monoisotopic (exact) mass is 251 g/mol. The quantitative estimate of drug-likeness (QED) is 0.866. The normalized spacial score (nSPS) is 23.5. The molecule has 1 aromatic carbocycles. The molecule has 3 heteroatoms. The molecule has 1 unspecified atom stereocenters. The van der Waals surface area contributed by atoms with Gasteiger partial charge in [-0.1, -0.05) is 26.0 Å². The molecule has 0 spiro atoms. The molecule has 0 aliphatic carbocycles. The molecule has 2 rings (SSSR count). The smallest absolute Gasteiger partial charge is 0.115 e. The molecule has 1 aromatic rings.